The molecule has 0 saturated carbocycles. The van der Waals surface area contributed by atoms with Gasteiger partial charge in [0.2, 0.25) is 0 Å². The molecule has 2 aliphatic rings. The first kappa shape index (κ1) is 9.12. The van der Waals surface area contributed by atoms with E-state index in [0.717, 1.165) is 26.1 Å². The lowest BCUT2D eigenvalue weighted by Gasteiger charge is -2.33. The van der Waals surface area contributed by atoms with Crippen LogP contribution in [0.3, 0.4) is 0 Å². The van der Waals surface area contributed by atoms with Gasteiger partial charge in [0, 0.05) is 25.0 Å². The van der Waals surface area contributed by atoms with Crippen molar-refractivity contribution in [2.24, 2.45) is 16.6 Å². The average molecular weight is 182 g/mol. The third-order valence-electron chi connectivity index (χ3n) is 3.07. The van der Waals surface area contributed by atoms with Crippen molar-refractivity contribution >= 4 is 6.21 Å². The largest absolute Gasteiger partial charge is 0.326 e. The summed E-state index contributed by atoms with van der Waals surface area (Å²) in [5.74, 6) is 0.532. The van der Waals surface area contributed by atoms with Gasteiger partial charge in [-0.05, 0) is 19.7 Å². The molecule has 2 aliphatic heterocycles. The molecule has 3 unspecified atom stereocenters. The van der Waals surface area contributed by atoms with Gasteiger partial charge in [0.05, 0.1) is 12.7 Å². The van der Waals surface area contributed by atoms with Crippen LogP contribution in [0.2, 0.25) is 0 Å². The first-order valence-corrected chi connectivity index (χ1v) is 4.96. The summed E-state index contributed by atoms with van der Waals surface area (Å²) >= 11 is 0. The Balaban J connectivity index is 2.02. The number of rotatable bonds is 1. The molecule has 2 heterocycles. The monoisotopic (exact) mass is 182 g/mol. The lowest BCUT2D eigenvalue weighted by atomic mass is 9.92. The molecule has 2 rings (SSSR count). The summed E-state index contributed by atoms with van der Waals surface area (Å²) in [6.45, 7) is 3.00. The topological polar surface area (TPSA) is 53.6 Å². The number of aliphatic imine (C=N–C) groups is 1. The first-order valence-electron chi connectivity index (χ1n) is 4.96. The fourth-order valence-corrected chi connectivity index (χ4v) is 2.23. The predicted octanol–water partition coefficient (Wildman–Crippen LogP) is -0.734. The first-order chi connectivity index (χ1) is 6.29. The molecule has 3 N–H and O–H groups in total. The van der Waals surface area contributed by atoms with E-state index in [2.05, 4.69) is 22.3 Å². The molecular formula is C9H18N4. The van der Waals surface area contributed by atoms with Crippen LogP contribution in [0.25, 0.3) is 0 Å². The molecular weight excluding hydrogens is 164 g/mol. The molecule has 0 spiro atoms. The van der Waals surface area contributed by atoms with Crippen LogP contribution < -0.4 is 11.1 Å². The van der Waals surface area contributed by atoms with Crippen molar-refractivity contribution in [2.75, 3.05) is 26.7 Å². The van der Waals surface area contributed by atoms with E-state index in [9.17, 15) is 0 Å². The highest BCUT2D eigenvalue weighted by atomic mass is 15.3. The average Bonchev–Trinajstić information content (AvgIpc) is 2.52. The summed E-state index contributed by atoms with van der Waals surface area (Å²) in [5, 5.41) is 3.49. The highest BCUT2D eigenvalue weighted by Crippen LogP contribution is 2.19. The zero-order chi connectivity index (χ0) is 9.26. The Bertz CT molecular complexity index is 204. The van der Waals surface area contributed by atoms with Crippen molar-refractivity contribution in [1.82, 2.24) is 10.2 Å². The molecule has 0 aromatic heterocycles. The summed E-state index contributed by atoms with van der Waals surface area (Å²) in [5.41, 5.74) is 6.04. The minimum absolute atomic E-state index is 0.225. The lowest BCUT2D eigenvalue weighted by molar-refractivity contribution is 0.188. The minimum Gasteiger partial charge on any atom is -0.326 e. The number of nitrogens with zero attached hydrogens (tertiary/aromatic N) is 2. The van der Waals surface area contributed by atoms with Crippen molar-refractivity contribution in [2.45, 2.75) is 18.6 Å². The fourth-order valence-electron chi connectivity index (χ4n) is 2.23. The number of likely N-dealkylation sites (N-methyl/N-ethyl adjacent to an activating group) is 1. The van der Waals surface area contributed by atoms with Crippen LogP contribution in [0.5, 0.6) is 0 Å². The predicted molar refractivity (Wildman–Crippen MR) is 53.9 cm³/mol. The van der Waals surface area contributed by atoms with Crippen molar-refractivity contribution in [1.29, 1.82) is 0 Å². The number of hydrogen-bond acceptors (Lipinski definition) is 4. The van der Waals surface area contributed by atoms with E-state index in [0.29, 0.717) is 12.1 Å². The van der Waals surface area contributed by atoms with Crippen molar-refractivity contribution in [3.05, 3.63) is 0 Å². The Labute approximate surface area is 79.2 Å². The highest BCUT2D eigenvalue weighted by Gasteiger charge is 2.33. The van der Waals surface area contributed by atoms with Gasteiger partial charge in [0.1, 0.15) is 0 Å². The fraction of sp³-hybridized carbons (Fsp3) is 0.889. The van der Waals surface area contributed by atoms with Crippen molar-refractivity contribution in [3.63, 3.8) is 0 Å². The normalized spacial score (nSPS) is 41.2. The standard InChI is InChI=1S/C9H18N4/c1-13-5-4-12-9(13)7-2-3-11-6-8(7)10/h3,7-9,12H,2,4-6,10H2,1H3. The van der Waals surface area contributed by atoms with Crippen molar-refractivity contribution < 1.29 is 0 Å². The van der Waals surface area contributed by atoms with E-state index in [-0.39, 0.29) is 6.04 Å². The molecule has 0 amide bonds. The number of hydrogen-bond donors (Lipinski definition) is 2. The number of nitrogens with two attached hydrogens (primary N) is 1. The lowest BCUT2D eigenvalue weighted by Crippen LogP contribution is -2.50. The number of nitrogens with one attached hydrogen (secondary N) is 1. The van der Waals surface area contributed by atoms with Crippen LogP contribution in [-0.4, -0.2) is 50.0 Å². The summed E-state index contributed by atoms with van der Waals surface area (Å²) in [4.78, 5) is 6.56. The van der Waals surface area contributed by atoms with E-state index >= 15 is 0 Å². The van der Waals surface area contributed by atoms with Crippen LogP contribution in [0.4, 0.5) is 0 Å². The second-order valence-electron chi connectivity index (χ2n) is 3.99. The zero-order valence-electron chi connectivity index (χ0n) is 8.11. The molecule has 0 radical (unpaired) electrons. The van der Waals surface area contributed by atoms with Crippen LogP contribution in [0, 0.1) is 5.92 Å². The molecule has 0 aromatic carbocycles. The molecule has 4 nitrogen and oxygen atoms in total. The smallest absolute Gasteiger partial charge is 0.0643 e. The van der Waals surface area contributed by atoms with Crippen LogP contribution in [-0.2, 0) is 0 Å². The van der Waals surface area contributed by atoms with E-state index in [1.165, 1.54) is 0 Å². The van der Waals surface area contributed by atoms with Gasteiger partial charge in [-0.3, -0.25) is 9.89 Å². The van der Waals surface area contributed by atoms with Gasteiger partial charge in [0.15, 0.2) is 0 Å². The second-order valence-corrected chi connectivity index (χ2v) is 3.99. The summed E-state index contributed by atoms with van der Waals surface area (Å²) < 4.78 is 0. The van der Waals surface area contributed by atoms with E-state index in [1.54, 1.807) is 0 Å². The second kappa shape index (κ2) is 3.74. The SMILES string of the molecule is CN1CCNC1C1CC=NCC1N. The molecule has 1 saturated heterocycles. The van der Waals surface area contributed by atoms with Crippen LogP contribution >= 0.6 is 0 Å². The maximum atomic E-state index is 6.04. The van der Waals surface area contributed by atoms with Gasteiger partial charge in [-0.2, -0.15) is 0 Å². The van der Waals surface area contributed by atoms with Crippen LogP contribution in [0.1, 0.15) is 6.42 Å². The Morgan fingerprint density at radius 2 is 2.46 bits per heavy atom. The van der Waals surface area contributed by atoms with Gasteiger partial charge >= 0.3 is 0 Å². The van der Waals surface area contributed by atoms with Gasteiger partial charge in [-0.25, -0.2) is 0 Å². The third kappa shape index (κ3) is 1.75. The van der Waals surface area contributed by atoms with Gasteiger partial charge in [-0.15, -0.1) is 0 Å². The Morgan fingerprint density at radius 1 is 1.62 bits per heavy atom. The zero-order valence-corrected chi connectivity index (χ0v) is 8.11. The minimum atomic E-state index is 0.225. The van der Waals surface area contributed by atoms with Crippen molar-refractivity contribution in [3.8, 4) is 0 Å². The molecule has 74 valence electrons. The molecule has 0 aliphatic carbocycles. The summed E-state index contributed by atoms with van der Waals surface area (Å²) in [6.07, 6.45) is 3.49. The van der Waals surface area contributed by atoms with E-state index in [1.807, 2.05) is 6.21 Å². The van der Waals surface area contributed by atoms with Gasteiger partial charge in [0.25, 0.3) is 0 Å². The molecule has 1 fully saturated rings. The summed E-state index contributed by atoms with van der Waals surface area (Å²) in [6, 6.07) is 0.225. The third-order valence-corrected chi connectivity index (χ3v) is 3.07. The Hall–Kier alpha value is -0.450. The Morgan fingerprint density at radius 3 is 3.08 bits per heavy atom. The molecule has 13 heavy (non-hydrogen) atoms. The van der Waals surface area contributed by atoms with Gasteiger partial charge in [-0.1, -0.05) is 0 Å². The summed E-state index contributed by atoms with van der Waals surface area (Å²) in [7, 11) is 2.16. The maximum Gasteiger partial charge on any atom is 0.0643 e. The molecule has 4 heteroatoms. The van der Waals surface area contributed by atoms with E-state index in [4.69, 9.17) is 5.73 Å². The Kier molecular flexibility index (Phi) is 2.62. The molecule has 3 atom stereocenters. The van der Waals surface area contributed by atoms with E-state index < -0.39 is 0 Å². The molecule has 0 bridgehead atoms. The molecule has 0 aromatic rings. The van der Waals surface area contributed by atoms with Crippen LogP contribution in [0.15, 0.2) is 4.99 Å². The highest BCUT2D eigenvalue weighted by molar-refractivity contribution is 5.59. The van der Waals surface area contributed by atoms with Gasteiger partial charge < -0.3 is 11.1 Å². The maximum absolute atomic E-state index is 6.04. The quantitative estimate of drug-likeness (QED) is 0.562.